The van der Waals surface area contributed by atoms with Crippen LogP contribution in [0, 0.1) is 17.0 Å². The summed E-state index contributed by atoms with van der Waals surface area (Å²) in [6.45, 7) is 1.66. The number of carbonyl (C=O) groups is 1. The zero-order valence-corrected chi connectivity index (χ0v) is 16.8. The number of nitrogens with one attached hydrogen (secondary N) is 2. The fourth-order valence-corrected chi connectivity index (χ4v) is 2.92. The maximum atomic E-state index is 12.4. The first-order chi connectivity index (χ1) is 12.2. The predicted octanol–water partition coefficient (Wildman–Crippen LogP) is 4.45. The second-order valence-electron chi connectivity index (χ2n) is 5.13. The van der Waals surface area contributed by atoms with Gasteiger partial charge in [-0.05, 0) is 49.0 Å². The van der Waals surface area contributed by atoms with Gasteiger partial charge in [0, 0.05) is 16.2 Å². The molecule has 0 radical (unpaired) electrons. The third kappa shape index (κ3) is 4.69. The topological polar surface area (TPSA) is 93.5 Å². The first-order valence-electron chi connectivity index (χ1n) is 7.13. The van der Waals surface area contributed by atoms with Gasteiger partial charge in [-0.25, -0.2) is 0 Å². The third-order valence-electron chi connectivity index (χ3n) is 3.37. The van der Waals surface area contributed by atoms with E-state index in [4.69, 9.17) is 28.6 Å². The van der Waals surface area contributed by atoms with Crippen molar-refractivity contribution in [3.8, 4) is 5.75 Å². The second kappa shape index (κ2) is 8.43. The third-order valence-corrected chi connectivity index (χ3v) is 4.37. The Morgan fingerprint density at radius 3 is 2.65 bits per heavy atom. The minimum absolute atomic E-state index is 0.0186. The molecule has 0 aliphatic heterocycles. The molecular weight excluding hydrogens is 446 g/mol. The number of benzene rings is 2. The van der Waals surface area contributed by atoms with Crippen molar-refractivity contribution < 1.29 is 14.5 Å². The lowest BCUT2D eigenvalue weighted by molar-refractivity contribution is -0.384. The first-order valence-corrected chi connectivity index (χ1v) is 8.71. The van der Waals surface area contributed by atoms with E-state index in [9.17, 15) is 14.9 Å². The Morgan fingerprint density at radius 2 is 2.04 bits per heavy atom. The van der Waals surface area contributed by atoms with E-state index in [0.29, 0.717) is 27.0 Å². The van der Waals surface area contributed by atoms with Gasteiger partial charge in [-0.3, -0.25) is 20.2 Å². The average Bonchev–Trinajstić information content (AvgIpc) is 2.57. The molecule has 1 amide bonds. The largest absolute Gasteiger partial charge is 0.496 e. The van der Waals surface area contributed by atoms with Crippen LogP contribution in [0.1, 0.15) is 15.9 Å². The lowest BCUT2D eigenvalue weighted by Gasteiger charge is -2.13. The summed E-state index contributed by atoms with van der Waals surface area (Å²) in [6, 6.07) is 7.70. The van der Waals surface area contributed by atoms with Gasteiger partial charge in [-0.1, -0.05) is 27.5 Å². The predicted molar refractivity (Wildman–Crippen MR) is 107 cm³/mol. The molecule has 7 nitrogen and oxygen atoms in total. The van der Waals surface area contributed by atoms with Gasteiger partial charge in [-0.15, -0.1) is 0 Å². The molecule has 0 bridgehead atoms. The minimum atomic E-state index is -0.571. The monoisotopic (exact) mass is 457 g/mol. The molecule has 0 aliphatic carbocycles. The van der Waals surface area contributed by atoms with Crippen molar-refractivity contribution >= 4 is 62.1 Å². The van der Waals surface area contributed by atoms with Crippen LogP contribution in [0.4, 0.5) is 11.4 Å². The molecule has 0 saturated carbocycles. The molecule has 0 unspecified atom stereocenters. The molecule has 0 heterocycles. The number of nitro benzene ring substituents is 1. The number of nitro groups is 1. The molecule has 0 saturated heterocycles. The minimum Gasteiger partial charge on any atom is -0.496 e. The molecule has 0 aliphatic rings. The van der Waals surface area contributed by atoms with Crippen LogP contribution < -0.4 is 15.4 Å². The molecule has 2 aromatic carbocycles. The van der Waals surface area contributed by atoms with E-state index >= 15 is 0 Å². The SMILES string of the molecule is COc1ccc(Br)cc1C(=O)NC(=S)Nc1cc(Cl)c([N+](=O)[O-])cc1C. The fraction of sp³-hybridized carbons (Fsp3) is 0.125. The van der Waals surface area contributed by atoms with Crippen molar-refractivity contribution in [3.63, 3.8) is 0 Å². The van der Waals surface area contributed by atoms with Crippen molar-refractivity contribution in [2.45, 2.75) is 6.92 Å². The lowest BCUT2D eigenvalue weighted by atomic mass is 10.1. The number of carbonyl (C=O) groups excluding carboxylic acids is 1. The molecular formula is C16H13BrClN3O4S. The normalized spacial score (nSPS) is 10.2. The molecule has 2 rings (SSSR count). The van der Waals surface area contributed by atoms with Gasteiger partial charge in [0.2, 0.25) is 0 Å². The zero-order chi connectivity index (χ0) is 19.4. The maximum absolute atomic E-state index is 12.4. The van der Waals surface area contributed by atoms with Crippen LogP contribution in [-0.4, -0.2) is 23.1 Å². The zero-order valence-electron chi connectivity index (χ0n) is 13.6. The van der Waals surface area contributed by atoms with Crippen LogP contribution >= 0.6 is 39.7 Å². The van der Waals surface area contributed by atoms with Gasteiger partial charge >= 0.3 is 0 Å². The highest BCUT2D eigenvalue weighted by atomic mass is 79.9. The highest BCUT2D eigenvalue weighted by Crippen LogP contribution is 2.30. The van der Waals surface area contributed by atoms with Crippen LogP contribution in [-0.2, 0) is 0 Å². The Morgan fingerprint density at radius 1 is 1.35 bits per heavy atom. The van der Waals surface area contributed by atoms with E-state index in [1.54, 1.807) is 25.1 Å². The van der Waals surface area contributed by atoms with Crippen LogP contribution in [0.25, 0.3) is 0 Å². The van der Waals surface area contributed by atoms with Gasteiger partial charge < -0.3 is 10.1 Å². The Kier molecular flexibility index (Phi) is 6.52. The summed E-state index contributed by atoms with van der Waals surface area (Å²) in [6.07, 6.45) is 0. The number of nitrogens with zero attached hydrogens (tertiary/aromatic N) is 1. The lowest BCUT2D eigenvalue weighted by Crippen LogP contribution is -2.34. The molecule has 0 atom stereocenters. The number of ether oxygens (including phenoxy) is 1. The molecule has 0 fully saturated rings. The number of methoxy groups -OCH3 is 1. The van der Waals surface area contributed by atoms with Gasteiger partial charge in [0.1, 0.15) is 10.8 Å². The Bertz CT molecular complexity index is 907. The quantitative estimate of drug-likeness (QED) is 0.399. The number of anilines is 1. The van der Waals surface area contributed by atoms with Crippen LogP contribution in [0.3, 0.4) is 0 Å². The molecule has 2 aromatic rings. The first kappa shape index (κ1) is 20.1. The van der Waals surface area contributed by atoms with Gasteiger partial charge in [0.15, 0.2) is 5.11 Å². The van der Waals surface area contributed by atoms with Crippen molar-refractivity contribution in [1.82, 2.24) is 5.32 Å². The number of hydrogen-bond donors (Lipinski definition) is 2. The number of amides is 1. The number of thiocarbonyl (C=S) groups is 1. The number of halogens is 2. The Labute approximate surface area is 168 Å². The molecule has 2 N–H and O–H groups in total. The Balaban J connectivity index is 2.17. The summed E-state index contributed by atoms with van der Waals surface area (Å²) in [4.78, 5) is 22.7. The molecule has 10 heteroatoms. The Hall–Kier alpha value is -2.23. The fourth-order valence-electron chi connectivity index (χ4n) is 2.12. The summed E-state index contributed by atoms with van der Waals surface area (Å²) in [7, 11) is 1.46. The van der Waals surface area contributed by atoms with E-state index in [2.05, 4.69) is 26.6 Å². The maximum Gasteiger partial charge on any atom is 0.288 e. The summed E-state index contributed by atoms with van der Waals surface area (Å²) in [5.74, 6) is -0.0747. The van der Waals surface area contributed by atoms with E-state index in [1.807, 2.05) is 0 Å². The van der Waals surface area contributed by atoms with Crippen molar-refractivity contribution in [1.29, 1.82) is 0 Å². The molecule has 0 aromatic heterocycles. The van der Waals surface area contributed by atoms with Gasteiger partial charge in [0.05, 0.1) is 17.6 Å². The molecule has 136 valence electrons. The van der Waals surface area contributed by atoms with E-state index < -0.39 is 10.8 Å². The van der Waals surface area contributed by atoms with Crippen molar-refractivity contribution in [2.24, 2.45) is 0 Å². The highest BCUT2D eigenvalue weighted by Gasteiger charge is 2.17. The van der Waals surface area contributed by atoms with Crippen molar-refractivity contribution in [3.05, 3.63) is 61.1 Å². The van der Waals surface area contributed by atoms with E-state index in [1.165, 1.54) is 19.2 Å². The summed E-state index contributed by atoms with van der Waals surface area (Å²) < 4.78 is 5.87. The van der Waals surface area contributed by atoms with Crippen LogP contribution in [0.2, 0.25) is 5.02 Å². The van der Waals surface area contributed by atoms with Crippen LogP contribution in [0.15, 0.2) is 34.8 Å². The standard InChI is InChI=1S/C16H13BrClN3O4S/c1-8-5-13(21(23)24)11(18)7-12(8)19-16(26)20-15(22)10-6-9(17)3-4-14(10)25-2/h3-7H,1-2H3,(H2,19,20,22,26). The molecule has 26 heavy (non-hydrogen) atoms. The van der Waals surface area contributed by atoms with Gasteiger partial charge in [-0.2, -0.15) is 0 Å². The number of aryl methyl sites for hydroxylation is 1. The smallest absolute Gasteiger partial charge is 0.288 e. The van der Waals surface area contributed by atoms with E-state index in [-0.39, 0.29) is 15.8 Å². The van der Waals surface area contributed by atoms with Gasteiger partial charge in [0.25, 0.3) is 11.6 Å². The average molecular weight is 459 g/mol. The molecule has 0 spiro atoms. The second-order valence-corrected chi connectivity index (χ2v) is 6.86. The highest BCUT2D eigenvalue weighted by molar-refractivity contribution is 9.10. The summed E-state index contributed by atoms with van der Waals surface area (Å²) >= 11 is 14.3. The van der Waals surface area contributed by atoms with E-state index in [0.717, 1.165) is 0 Å². The number of rotatable bonds is 4. The summed E-state index contributed by atoms with van der Waals surface area (Å²) in [5, 5.41) is 16.2. The van der Waals surface area contributed by atoms with Crippen LogP contribution in [0.5, 0.6) is 5.75 Å². The van der Waals surface area contributed by atoms with Crippen molar-refractivity contribution in [2.75, 3.05) is 12.4 Å². The summed E-state index contributed by atoms with van der Waals surface area (Å²) in [5.41, 5.74) is 1.10. The number of hydrogen-bond acceptors (Lipinski definition) is 5.